The van der Waals surface area contributed by atoms with Crippen molar-refractivity contribution in [3.8, 4) is 0 Å². The lowest BCUT2D eigenvalue weighted by molar-refractivity contribution is -0.138. The molecule has 2 N–H and O–H groups in total. The van der Waals surface area contributed by atoms with E-state index in [-0.39, 0.29) is 12.8 Å². The van der Waals surface area contributed by atoms with E-state index in [4.69, 9.17) is 33.4 Å². The summed E-state index contributed by atoms with van der Waals surface area (Å²) in [5, 5.41) is 18.1. The standard InChI is InChI=1S/C13H20Cl2N2O4/c14-12-13(15)17(8-4-2-6-11(20)21)9-16(12)7-3-1-5-10(18)19/h1-9H2,(H,18,19)(H,20,21). The van der Waals surface area contributed by atoms with Gasteiger partial charge in [0.25, 0.3) is 0 Å². The molecular weight excluding hydrogens is 319 g/mol. The van der Waals surface area contributed by atoms with Gasteiger partial charge in [0.2, 0.25) is 0 Å². The van der Waals surface area contributed by atoms with E-state index in [1.807, 2.05) is 9.80 Å². The van der Waals surface area contributed by atoms with Gasteiger partial charge in [-0.2, -0.15) is 0 Å². The zero-order valence-electron chi connectivity index (χ0n) is 11.7. The zero-order chi connectivity index (χ0) is 15.8. The lowest BCUT2D eigenvalue weighted by atomic mass is 10.2. The average Bonchev–Trinajstić information content (AvgIpc) is 2.67. The van der Waals surface area contributed by atoms with Gasteiger partial charge in [0.1, 0.15) is 10.3 Å². The molecule has 1 aliphatic rings. The molecule has 0 saturated heterocycles. The lowest BCUT2D eigenvalue weighted by Gasteiger charge is -2.22. The summed E-state index contributed by atoms with van der Waals surface area (Å²) in [5.74, 6) is -1.59. The summed E-state index contributed by atoms with van der Waals surface area (Å²) in [7, 11) is 0. The first-order chi connectivity index (χ1) is 9.91. The molecule has 0 aliphatic carbocycles. The number of halogens is 2. The zero-order valence-corrected chi connectivity index (χ0v) is 13.2. The smallest absolute Gasteiger partial charge is 0.303 e. The van der Waals surface area contributed by atoms with E-state index in [0.717, 1.165) is 12.8 Å². The first-order valence-corrected chi connectivity index (χ1v) is 7.66. The van der Waals surface area contributed by atoms with Crippen LogP contribution in [-0.2, 0) is 9.59 Å². The predicted molar refractivity (Wildman–Crippen MR) is 80.0 cm³/mol. The number of rotatable bonds is 10. The van der Waals surface area contributed by atoms with Crippen molar-refractivity contribution in [1.29, 1.82) is 0 Å². The van der Waals surface area contributed by atoms with Crippen molar-refractivity contribution in [2.75, 3.05) is 19.8 Å². The molecule has 0 amide bonds. The van der Waals surface area contributed by atoms with Crippen LogP contribution < -0.4 is 0 Å². The van der Waals surface area contributed by atoms with Gasteiger partial charge in [0.15, 0.2) is 0 Å². The molecule has 120 valence electrons. The molecule has 0 saturated carbocycles. The SMILES string of the molecule is O=C(O)CCCCN1CN(CCCCC(=O)O)C(Cl)=C1Cl. The Labute approximate surface area is 133 Å². The van der Waals surface area contributed by atoms with Crippen LogP contribution >= 0.6 is 23.2 Å². The number of carboxylic acid groups (broad SMARTS) is 2. The van der Waals surface area contributed by atoms with E-state index < -0.39 is 11.9 Å². The fourth-order valence-corrected chi connectivity index (χ4v) is 2.60. The van der Waals surface area contributed by atoms with Gasteiger partial charge in [0.05, 0.1) is 6.67 Å². The van der Waals surface area contributed by atoms with Gasteiger partial charge in [-0.15, -0.1) is 0 Å². The van der Waals surface area contributed by atoms with Gasteiger partial charge < -0.3 is 20.0 Å². The minimum Gasteiger partial charge on any atom is -0.481 e. The van der Waals surface area contributed by atoms with Crippen LogP contribution in [0, 0.1) is 0 Å². The summed E-state index contributed by atoms with van der Waals surface area (Å²) in [6.45, 7) is 1.89. The first-order valence-electron chi connectivity index (χ1n) is 6.90. The summed E-state index contributed by atoms with van der Waals surface area (Å²) in [6.07, 6.45) is 2.99. The Morgan fingerprint density at radius 3 is 1.57 bits per heavy atom. The molecule has 1 rings (SSSR count). The van der Waals surface area contributed by atoms with Crippen molar-refractivity contribution < 1.29 is 19.8 Å². The highest BCUT2D eigenvalue weighted by atomic mass is 35.5. The molecule has 0 spiro atoms. The van der Waals surface area contributed by atoms with E-state index in [1.54, 1.807) is 0 Å². The maximum Gasteiger partial charge on any atom is 0.303 e. The molecule has 0 bridgehead atoms. The Balaban J connectivity index is 2.29. The van der Waals surface area contributed by atoms with Crippen LogP contribution in [0.2, 0.25) is 0 Å². The molecule has 1 aliphatic heterocycles. The summed E-state index contributed by atoms with van der Waals surface area (Å²) < 4.78 is 0. The molecule has 0 radical (unpaired) electrons. The van der Waals surface area contributed by atoms with Crippen LogP contribution in [0.25, 0.3) is 0 Å². The Hall–Kier alpha value is -1.14. The van der Waals surface area contributed by atoms with Gasteiger partial charge in [-0.25, -0.2) is 0 Å². The minimum atomic E-state index is -0.795. The fourth-order valence-electron chi connectivity index (χ4n) is 2.09. The number of unbranched alkanes of at least 4 members (excludes halogenated alkanes) is 2. The Kier molecular flexibility index (Phi) is 7.67. The molecule has 0 aromatic heterocycles. The van der Waals surface area contributed by atoms with Crippen molar-refractivity contribution >= 4 is 35.1 Å². The minimum absolute atomic E-state index is 0.155. The van der Waals surface area contributed by atoms with E-state index >= 15 is 0 Å². The van der Waals surface area contributed by atoms with E-state index in [0.29, 0.717) is 42.9 Å². The number of aliphatic carboxylic acids is 2. The van der Waals surface area contributed by atoms with Crippen molar-refractivity contribution in [1.82, 2.24) is 9.80 Å². The maximum atomic E-state index is 10.4. The second kappa shape index (κ2) is 9.00. The van der Waals surface area contributed by atoms with E-state index in [1.165, 1.54) is 0 Å². The van der Waals surface area contributed by atoms with Crippen LogP contribution in [0.3, 0.4) is 0 Å². The largest absolute Gasteiger partial charge is 0.481 e. The van der Waals surface area contributed by atoms with Crippen molar-refractivity contribution in [2.45, 2.75) is 38.5 Å². The summed E-state index contributed by atoms with van der Waals surface area (Å²) in [4.78, 5) is 24.7. The average molecular weight is 339 g/mol. The number of carbonyl (C=O) groups is 2. The molecule has 0 fully saturated rings. The van der Waals surface area contributed by atoms with Gasteiger partial charge in [-0.05, 0) is 25.7 Å². The van der Waals surface area contributed by atoms with Crippen LogP contribution in [0.5, 0.6) is 0 Å². The van der Waals surface area contributed by atoms with Gasteiger partial charge in [-0.1, -0.05) is 23.2 Å². The van der Waals surface area contributed by atoms with Crippen LogP contribution in [0.1, 0.15) is 38.5 Å². The molecule has 21 heavy (non-hydrogen) atoms. The number of hydrogen-bond acceptors (Lipinski definition) is 4. The third-order valence-electron chi connectivity index (χ3n) is 3.20. The second-order valence-electron chi connectivity index (χ2n) is 4.95. The van der Waals surface area contributed by atoms with E-state index in [2.05, 4.69) is 0 Å². The molecule has 1 heterocycles. The quantitative estimate of drug-likeness (QED) is 0.470. The topological polar surface area (TPSA) is 81.1 Å². The fraction of sp³-hybridized carbons (Fsp3) is 0.692. The van der Waals surface area contributed by atoms with Crippen molar-refractivity contribution in [2.24, 2.45) is 0 Å². The highest BCUT2D eigenvalue weighted by Crippen LogP contribution is 2.30. The Morgan fingerprint density at radius 2 is 1.24 bits per heavy atom. The molecule has 0 unspecified atom stereocenters. The van der Waals surface area contributed by atoms with Crippen molar-refractivity contribution in [3.63, 3.8) is 0 Å². The molecule has 0 aromatic rings. The van der Waals surface area contributed by atoms with Gasteiger partial charge >= 0.3 is 11.9 Å². The summed E-state index contributed by atoms with van der Waals surface area (Å²) in [5.41, 5.74) is 0. The van der Waals surface area contributed by atoms with Crippen LogP contribution in [0.4, 0.5) is 0 Å². The third-order valence-corrected chi connectivity index (χ3v) is 4.14. The molecule has 6 nitrogen and oxygen atoms in total. The second-order valence-corrected chi connectivity index (χ2v) is 5.67. The highest BCUT2D eigenvalue weighted by molar-refractivity contribution is 6.38. The van der Waals surface area contributed by atoms with Crippen molar-refractivity contribution in [3.05, 3.63) is 10.3 Å². The van der Waals surface area contributed by atoms with E-state index in [9.17, 15) is 9.59 Å². The van der Waals surface area contributed by atoms with Gasteiger partial charge in [-0.3, -0.25) is 9.59 Å². The van der Waals surface area contributed by atoms with Gasteiger partial charge in [0, 0.05) is 25.9 Å². The van der Waals surface area contributed by atoms with Crippen LogP contribution in [-0.4, -0.2) is 51.7 Å². The molecular formula is C13H20Cl2N2O4. The Bertz CT molecular complexity index is 379. The highest BCUT2D eigenvalue weighted by Gasteiger charge is 2.25. The maximum absolute atomic E-state index is 10.4. The number of carboxylic acids is 2. The summed E-state index contributed by atoms with van der Waals surface area (Å²) >= 11 is 12.3. The monoisotopic (exact) mass is 338 g/mol. The third kappa shape index (κ3) is 6.44. The van der Waals surface area contributed by atoms with Crippen LogP contribution in [0.15, 0.2) is 10.3 Å². The Morgan fingerprint density at radius 1 is 0.857 bits per heavy atom. The molecule has 0 atom stereocenters. The number of nitrogens with zero attached hydrogens (tertiary/aromatic N) is 2. The normalized spacial score (nSPS) is 15.0. The first kappa shape index (κ1) is 17.9. The lowest BCUT2D eigenvalue weighted by Crippen LogP contribution is -2.28. The number of hydrogen-bond donors (Lipinski definition) is 2. The summed E-state index contributed by atoms with van der Waals surface area (Å²) in [6, 6.07) is 0. The molecule has 0 aromatic carbocycles. The molecule has 8 heteroatoms. The predicted octanol–water partition coefficient (Wildman–Crippen LogP) is 2.68.